The standard InChI is InChI=1S/C13H13IN2O2/c1-16(9-12-6-3-7-18-12)13(17)10-4-2-5-11(8-10)15-14/h2-8,15H,9H2,1H3. The van der Waals surface area contributed by atoms with Gasteiger partial charge in [0, 0.05) is 18.3 Å². The predicted molar refractivity (Wildman–Crippen MR) is 78.6 cm³/mol. The second kappa shape index (κ2) is 5.90. The Labute approximate surface area is 119 Å². The van der Waals surface area contributed by atoms with Crippen LogP contribution in [0.2, 0.25) is 0 Å². The van der Waals surface area contributed by atoms with Crippen molar-refractivity contribution in [1.29, 1.82) is 0 Å². The average Bonchev–Trinajstić information content (AvgIpc) is 2.90. The molecule has 0 aliphatic rings. The van der Waals surface area contributed by atoms with Gasteiger partial charge in [-0.2, -0.15) is 0 Å². The molecule has 0 saturated heterocycles. The second-order valence-corrected chi connectivity index (χ2v) is 4.46. The molecule has 18 heavy (non-hydrogen) atoms. The van der Waals surface area contributed by atoms with Crippen LogP contribution in [-0.2, 0) is 6.54 Å². The number of halogens is 1. The van der Waals surface area contributed by atoms with Crippen molar-refractivity contribution >= 4 is 34.5 Å². The number of nitrogens with zero attached hydrogens (tertiary/aromatic N) is 1. The molecule has 94 valence electrons. The van der Waals surface area contributed by atoms with Gasteiger partial charge < -0.3 is 12.8 Å². The Morgan fingerprint density at radius 3 is 2.89 bits per heavy atom. The van der Waals surface area contributed by atoms with Crippen LogP contribution in [0.4, 0.5) is 5.69 Å². The molecular formula is C13H13IN2O2. The van der Waals surface area contributed by atoms with Gasteiger partial charge in [0.15, 0.2) is 0 Å². The summed E-state index contributed by atoms with van der Waals surface area (Å²) >= 11 is 2.04. The minimum atomic E-state index is -0.0279. The molecule has 4 nitrogen and oxygen atoms in total. The van der Waals surface area contributed by atoms with E-state index in [0.29, 0.717) is 12.1 Å². The van der Waals surface area contributed by atoms with Crippen LogP contribution in [0.25, 0.3) is 0 Å². The molecular weight excluding hydrogens is 343 g/mol. The Kier molecular flexibility index (Phi) is 4.24. The molecule has 0 unspecified atom stereocenters. The van der Waals surface area contributed by atoms with Crippen molar-refractivity contribution in [3.63, 3.8) is 0 Å². The van der Waals surface area contributed by atoms with E-state index in [1.54, 1.807) is 24.3 Å². The number of hydrogen-bond donors (Lipinski definition) is 1. The monoisotopic (exact) mass is 356 g/mol. The summed E-state index contributed by atoms with van der Waals surface area (Å²) in [5.74, 6) is 0.744. The molecule has 2 aromatic rings. The lowest BCUT2D eigenvalue weighted by molar-refractivity contribution is 0.0775. The van der Waals surface area contributed by atoms with Crippen molar-refractivity contribution < 1.29 is 9.21 Å². The van der Waals surface area contributed by atoms with Crippen LogP contribution in [0.1, 0.15) is 16.1 Å². The van der Waals surface area contributed by atoms with Gasteiger partial charge in [-0.1, -0.05) is 6.07 Å². The van der Waals surface area contributed by atoms with Gasteiger partial charge in [0.25, 0.3) is 5.91 Å². The van der Waals surface area contributed by atoms with Crippen LogP contribution >= 0.6 is 22.9 Å². The summed E-state index contributed by atoms with van der Waals surface area (Å²) in [5, 5.41) is 0. The van der Waals surface area contributed by atoms with E-state index in [2.05, 4.69) is 3.53 Å². The van der Waals surface area contributed by atoms with Gasteiger partial charge in [0.2, 0.25) is 0 Å². The first-order chi connectivity index (χ1) is 8.70. The summed E-state index contributed by atoms with van der Waals surface area (Å²) in [4.78, 5) is 13.8. The average molecular weight is 356 g/mol. The summed E-state index contributed by atoms with van der Waals surface area (Å²) in [6.07, 6.45) is 1.61. The van der Waals surface area contributed by atoms with Crippen LogP contribution in [0.15, 0.2) is 47.1 Å². The first-order valence-electron chi connectivity index (χ1n) is 5.45. The summed E-state index contributed by atoms with van der Waals surface area (Å²) in [6.45, 7) is 0.466. The normalized spacial score (nSPS) is 10.1. The zero-order chi connectivity index (χ0) is 13.0. The van der Waals surface area contributed by atoms with Gasteiger partial charge in [-0.05, 0) is 30.3 Å². The highest BCUT2D eigenvalue weighted by Crippen LogP contribution is 2.15. The molecule has 0 spiro atoms. The fourth-order valence-corrected chi connectivity index (χ4v) is 1.97. The number of benzene rings is 1. The van der Waals surface area contributed by atoms with Crippen LogP contribution in [-0.4, -0.2) is 17.9 Å². The van der Waals surface area contributed by atoms with Crippen molar-refractivity contribution in [2.45, 2.75) is 6.54 Å². The number of rotatable bonds is 4. The van der Waals surface area contributed by atoms with E-state index in [0.717, 1.165) is 11.4 Å². The number of carbonyl (C=O) groups excluding carboxylic acids is 1. The number of amides is 1. The quantitative estimate of drug-likeness (QED) is 0.675. The van der Waals surface area contributed by atoms with Crippen LogP contribution in [0.5, 0.6) is 0 Å². The highest BCUT2D eigenvalue weighted by Gasteiger charge is 2.13. The first kappa shape index (κ1) is 12.9. The Hall–Kier alpha value is -1.50. The van der Waals surface area contributed by atoms with E-state index >= 15 is 0 Å². The lowest BCUT2D eigenvalue weighted by atomic mass is 10.2. The van der Waals surface area contributed by atoms with E-state index in [9.17, 15) is 4.79 Å². The lowest BCUT2D eigenvalue weighted by Crippen LogP contribution is -2.25. The largest absolute Gasteiger partial charge is 0.467 e. The molecule has 1 N–H and O–H groups in total. The number of carbonyl (C=O) groups is 1. The lowest BCUT2D eigenvalue weighted by Gasteiger charge is -2.16. The van der Waals surface area contributed by atoms with Gasteiger partial charge in [-0.15, -0.1) is 0 Å². The fraction of sp³-hybridized carbons (Fsp3) is 0.154. The van der Waals surface area contributed by atoms with Gasteiger partial charge in [0.05, 0.1) is 35.7 Å². The van der Waals surface area contributed by atoms with Gasteiger partial charge in [-0.25, -0.2) is 0 Å². The molecule has 0 atom stereocenters. The molecule has 0 aliphatic heterocycles. The maximum absolute atomic E-state index is 12.2. The van der Waals surface area contributed by atoms with Gasteiger partial charge >= 0.3 is 0 Å². The SMILES string of the molecule is CN(Cc1ccco1)C(=O)c1cccc(NI)c1. The topological polar surface area (TPSA) is 45.5 Å². The summed E-state index contributed by atoms with van der Waals surface area (Å²) in [5.41, 5.74) is 1.57. The second-order valence-electron chi connectivity index (χ2n) is 3.92. The highest BCUT2D eigenvalue weighted by molar-refractivity contribution is 14.1. The number of furan rings is 1. The smallest absolute Gasteiger partial charge is 0.254 e. The zero-order valence-corrected chi connectivity index (χ0v) is 12.0. The number of anilines is 1. The molecule has 1 aromatic heterocycles. The van der Waals surface area contributed by atoms with Gasteiger partial charge in [-0.3, -0.25) is 4.79 Å². The van der Waals surface area contributed by atoms with Crippen molar-refractivity contribution in [3.8, 4) is 0 Å². The molecule has 0 bridgehead atoms. The molecule has 0 fully saturated rings. The van der Waals surface area contributed by atoms with Crippen molar-refractivity contribution in [3.05, 3.63) is 54.0 Å². The molecule has 1 amide bonds. The third-order valence-electron chi connectivity index (χ3n) is 2.54. The van der Waals surface area contributed by atoms with Crippen molar-refractivity contribution in [2.75, 3.05) is 10.6 Å². The molecule has 0 aliphatic carbocycles. The molecule has 2 rings (SSSR count). The molecule has 5 heteroatoms. The third kappa shape index (κ3) is 3.04. The maximum atomic E-state index is 12.2. The Morgan fingerprint density at radius 1 is 1.39 bits per heavy atom. The van der Waals surface area contributed by atoms with E-state index in [1.165, 1.54) is 0 Å². The predicted octanol–water partition coefficient (Wildman–Crippen LogP) is 3.31. The molecule has 1 heterocycles. The van der Waals surface area contributed by atoms with Crippen LogP contribution in [0, 0.1) is 0 Å². The van der Waals surface area contributed by atoms with E-state index < -0.39 is 0 Å². The number of nitrogens with one attached hydrogen (secondary N) is 1. The van der Waals surface area contributed by atoms with Crippen molar-refractivity contribution in [1.82, 2.24) is 4.90 Å². The fourth-order valence-electron chi connectivity index (χ4n) is 1.64. The van der Waals surface area contributed by atoms with Crippen LogP contribution < -0.4 is 3.53 Å². The Bertz CT molecular complexity index is 526. The minimum Gasteiger partial charge on any atom is -0.467 e. The summed E-state index contributed by atoms with van der Waals surface area (Å²) < 4.78 is 8.22. The molecule has 1 aromatic carbocycles. The first-order valence-corrected chi connectivity index (χ1v) is 6.53. The summed E-state index contributed by atoms with van der Waals surface area (Å²) in [7, 11) is 1.76. The maximum Gasteiger partial charge on any atom is 0.254 e. The Morgan fingerprint density at radius 2 is 2.22 bits per heavy atom. The van der Waals surface area contributed by atoms with Gasteiger partial charge in [0.1, 0.15) is 5.76 Å². The zero-order valence-electron chi connectivity index (χ0n) is 9.89. The minimum absolute atomic E-state index is 0.0279. The summed E-state index contributed by atoms with van der Waals surface area (Å²) in [6, 6.07) is 11.1. The Balaban J connectivity index is 2.10. The van der Waals surface area contributed by atoms with E-state index in [4.69, 9.17) is 4.42 Å². The van der Waals surface area contributed by atoms with Crippen LogP contribution in [0.3, 0.4) is 0 Å². The van der Waals surface area contributed by atoms with Crippen molar-refractivity contribution in [2.24, 2.45) is 0 Å². The number of hydrogen-bond acceptors (Lipinski definition) is 3. The van der Waals surface area contributed by atoms with E-state index in [-0.39, 0.29) is 5.91 Å². The van der Waals surface area contributed by atoms with E-state index in [1.807, 2.05) is 53.2 Å². The molecule has 0 saturated carbocycles. The highest BCUT2D eigenvalue weighted by atomic mass is 127. The molecule has 0 radical (unpaired) electrons. The third-order valence-corrected chi connectivity index (χ3v) is 3.16.